The van der Waals surface area contributed by atoms with Gasteiger partial charge >= 0.3 is 5.97 Å². The van der Waals surface area contributed by atoms with Crippen molar-refractivity contribution in [3.63, 3.8) is 0 Å². The number of hydrogen-bond acceptors (Lipinski definition) is 4. The van der Waals surface area contributed by atoms with E-state index in [-0.39, 0.29) is 22.4 Å². The van der Waals surface area contributed by atoms with Crippen molar-refractivity contribution in [3.8, 4) is 0 Å². The van der Waals surface area contributed by atoms with Crippen LogP contribution in [0.15, 0.2) is 0 Å². The van der Waals surface area contributed by atoms with E-state index in [2.05, 4.69) is 4.74 Å². The monoisotopic (exact) mass is 247 g/mol. The van der Waals surface area contributed by atoms with E-state index < -0.39 is 0 Å². The molecule has 94 valence electrons. The Labute approximate surface area is 102 Å². The lowest BCUT2D eigenvalue weighted by molar-refractivity contribution is -0.139. The highest BCUT2D eigenvalue weighted by molar-refractivity contribution is 8.01. The van der Waals surface area contributed by atoms with Gasteiger partial charge in [0.15, 0.2) is 0 Å². The van der Waals surface area contributed by atoms with Crippen LogP contribution in [-0.2, 0) is 14.3 Å². The van der Waals surface area contributed by atoms with Crippen LogP contribution in [0.4, 0.5) is 0 Å². The standard InChI is InChI=1S/C11H21NO3S/c1-6-12(7-2)10(13)8(3)16-9(4)11(14)15-5/h8-9H,6-7H2,1-5H3. The van der Waals surface area contributed by atoms with Gasteiger partial charge in [-0.05, 0) is 27.7 Å². The second-order valence-electron chi connectivity index (χ2n) is 3.45. The third-order valence-corrected chi connectivity index (χ3v) is 3.57. The molecule has 0 aliphatic rings. The lowest BCUT2D eigenvalue weighted by Crippen LogP contribution is -2.37. The smallest absolute Gasteiger partial charge is 0.318 e. The average Bonchev–Trinajstić information content (AvgIpc) is 2.29. The SMILES string of the molecule is CCN(CC)C(=O)C(C)SC(C)C(=O)OC. The molecule has 0 saturated heterocycles. The molecule has 4 nitrogen and oxygen atoms in total. The number of rotatable bonds is 6. The predicted molar refractivity (Wildman–Crippen MR) is 66.5 cm³/mol. The summed E-state index contributed by atoms with van der Waals surface area (Å²) in [4.78, 5) is 24.9. The Bertz CT molecular complexity index is 241. The van der Waals surface area contributed by atoms with Crippen molar-refractivity contribution >= 4 is 23.6 Å². The van der Waals surface area contributed by atoms with Crippen LogP contribution in [0.25, 0.3) is 0 Å². The second-order valence-corrected chi connectivity index (χ2v) is 5.14. The van der Waals surface area contributed by atoms with Crippen LogP contribution in [0, 0.1) is 0 Å². The van der Waals surface area contributed by atoms with Gasteiger partial charge in [-0.1, -0.05) is 0 Å². The molecule has 0 aromatic carbocycles. The minimum absolute atomic E-state index is 0.0748. The maximum Gasteiger partial charge on any atom is 0.318 e. The van der Waals surface area contributed by atoms with E-state index in [4.69, 9.17) is 0 Å². The van der Waals surface area contributed by atoms with Crippen LogP contribution >= 0.6 is 11.8 Å². The summed E-state index contributed by atoms with van der Waals surface area (Å²) in [6.07, 6.45) is 0. The van der Waals surface area contributed by atoms with Gasteiger partial charge < -0.3 is 9.64 Å². The summed E-state index contributed by atoms with van der Waals surface area (Å²) in [5.74, 6) is -0.213. The summed E-state index contributed by atoms with van der Waals surface area (Å²) in [6.45, 7) is 8.87. The van der Waals surface area contributed by atoms with Crippen LogP contribution in [0.2, 0.25) is 0 Å². The van der Waals surface area contributed by atoms with Crippen molar-refractivity contribution in [1.29, 1.82) is 0 Å². The molecule has 0 saturated carbocycles. The Hall–Kier alpha value is -0.710. The highest BCUT2D eigenvalue weighted by Crippen LogP contribution is 2.20. The maximum atomic E-state index is 11.9. The molecule has 0 bridgehead atoms. The van der Waals surface area contributed by atoms with Gasteiger partial charge in [0.1, 0.15) is 5.25 Å². The lowest BCUT2D eigenvalue weighted by Gasteiger charge is -2.23. The summed E-state index contributed by atoms with van der Waals surface area (Å²) < 4.78 is 4.62. The topological polar surface area (TPSA) is 46.6 Å². The van der Waals surface area contributed by atoms with Gasteiger partial charge in [0, 0.05) is 13.1 Å². The molecular weight excluding hydrogens is 226 g/mol. The molecule has 0 aliphatic carbocycles. The lowest BCUT2D eigenvalue weighted by atomic mass is 10.4. The number of amides is 1. The van der Waals surface area contributed by atoms with Crippen molar-refractivity contribution in [3.05, 3.63) is 0 Å². The molecule has 1 amide bonds. The fourth-order valence-corrected chi connectivity index (χ4v) is 2.46. The summed E-state index contributed by atoms with van der Waals surface area (Å²) >= 11 is 1.33. The summed E-state index contributed by atoms with van der Waals surface area (Å²) in [6, 6.07) is 0. The number of carbonyl (C=O) groups excluding carboxylic acids is 2. The molecular formula is C11H21NO3S. The summed E-state index contributed by atoms with van der Waals surface area (Å²) in [5, 5.41) is -0.520. The number of methoxy groups -OCH3 is 1. The van der Waals surface area contributed by atoms with Gasteiger partial charge in [0.05, 0.1) is 12.4 Å². The Kier molecular flexibility index (Phi) is 7.21. The first kappa shape index (κ1) is 15.3. The van der Waals surface area contributed by atoms with Crippen LogP contribution in [-0.4, -0.2) is 47.5 Å². The third kappa shape index (κ3) is 4.43. The van der Waals surface area contributed by atoms with E-state index >= 15 is 0 Å². The molecule has 0 aliphatic heterocycles. The number of nitrogens with zero attached hydrogens (tertiary/aromatic N) is 1. The van der Waals surface area contributed by atoms with Crippen molar-refractivity contribution < 1.29 is 14.3 Å². The van der Waals surface area contributed by atoms with Gasteiger partial charge in [-0.3, -0.25) is 9.59 Å². The molecule has 0 radical (unpaired) electrons. The van der Waals surface area contributed by atoms with Gasteiger partial charge in [-0.15, -0.1) is 11.8 Å². The van der Waals surface area contributed by atoms with Crippen molar-refractivity contribution in [2.45, 2.75) is 38.2 Å². The third-order valence-electron chi connectivity index (χ3n) is 2.36. The normalized spacial score (nSPS) is 14.1. The quantitative estimate of drug-likeness (QED) is 0.668. The molecule has 0 aromatic rings. The van der Waals surface area contributed by atoms with E-state index in [1.54, 1.807) is 11.8 Å². The zero-order valence-electron chi connectivity index (χ0n) is 10.6. The Morgan fingerprint density at radius 1 is 1.19 bits per heavy atom. The number of carbonyl (C=O) groups is 2. The number of ether oxygens (including phenoxy) is 1. The van der Waals surface area contributed by atoms with Crippen LogP contribution in [0.5, 0.6) is 0 Å². The Morgan fingerprint density at radius 2 is 1.69 bits per heavy atom. The minimum Gasteiger partial charge on any atom is -0.468 e. The Morgan fingerprint density at radius 3 is 2.06 bits per heavy atom. The van der Waals surface area contributed by atoms with Crippen molar-refractivity contribution in [2.75, 3.05) is 20.2 Å². The largest absolute Gasteiger partial charge is 0.468 e. The highest BCUT2D eigenvalue weighted by Gasteiger charge is 2.24. The van der Waals surface area contributed by atoms with Gasteiger partial charge in [-0.25, -0.2) is 0 Å². The molecule has 0 aromatic heterocycles. The highest BCUT2D eigenvalue weighted by atomic mass is 32.2. The fraction of sp³-hybridized carbons (Fsp3) is 0.818. The molecule has 2 atom stereocenters. The second kappa shape index (κ2) is 7.54. The van der Waals surface area contributed by atoms with Gasteiger partial charge in [-0.2, -0.15) is 0 Å². The molecule has 0 N–H and O–H groups in total. The molecule has 5 heteroatoms. The van der Waals surface area contributed by atoms with Crippen LogP contribution in [0.3, 0.4) is 0 Å². The number of thioether (sulfide) groups is 1. The van der Waals surface area contributed by atoms with Crippen LogP contribution in [0.1, 0.15) is 27.7 Å². The summed E-state index contributed by atoms with van der Waals surface area (Å²) in [5.41, 5.74) is 0. The van der Waals surface area contributed by atoms with Crippen molar-refractivity contribution in [1.82, 2.24) is 4.90 Å². The predicted octanol–water partition coefficient (Wildman–Crippen LogP) is 1.54. The zero-order valence-corrected chi connectivity index (χ0v) is 11.5. The van der Waals surface area contributed by atoms with Crippen LogP contribution < -0.4 is 0 Å². The Balaban J connectivity index is 4.29. The van der Waals surface area contributed by atoms with E-state index in [1.807, 2.05) is 20.8 Å². The number of esters is 1. The molecule has 2 unspecified atom stereocenters. The van der Waals surface area contributed by atoms with E-state index in [0.717, 1.165) is 0 Å². The zero-order chi connectivity index (χ0) is 12.7. The molecule has 0 spiro atoms. The molecule has 0 heterocycles. The van der Waals surface area contributed by atoms with Crippen molar-refractivity contribution in [2.24, 2.45) is 0 Å². The maximum absolute atomic E-state index is 11.9. The molecule has 16 heavy (non-hydrogen) atoms. The average molecular weight is 247 g/mol. The van der Waals surface area contributed by atoms with Gasteiger partial charge in [0.2, 0.25) is 5.91 Å². The molecule has 0 rings (SSSR count). The van der Waals surface area contributed by atoms with E-state index in [0.29, 0.717) is 13.1 Å². The first-order valence-corrected chi connectivity index (χ1v) is 6.44. The summed E-state index contributed by atoms with van der Waals surface area (Å²) in [7, 11) is 1.36. The van der Waals surface area contributed by atoms with E-state index in [1.165, 1.54) is 18.9 Å². The first-order valence-electron chi connectivity index (χ1n) is 5.49. The molecule has 0 fully saturated rings. The fourth-order valence-electron chi connectivity index (χ4n) is 1.38. The van der Waals surface area contributed by atoms with Gasteiger partial charge in [0.25, 0.3) is 0 Å². The van der Waals surface area contributed by atoms with E-state index in [9.17, 15) is 9.59 Å². The number of hydrogen-bond donors (Lipinski definition) is 0. The minimum atomic E-state index is -0.306. The first-order chi connectivity index (χ1) is 7.47.